The monoisotopic (exact) mass is 439 g/mol. The Morgan fingerprint density at radius 2 is 2.00 bits per heavy atom. The number of aliphatic hydroxyl groups is 1. The Kier molecular flexibility index (Phi) is 6.72. The molecule has 2 aromatic heterocycles. The molecule has 0 spiro atoms. The molecule has 3 aromatic rings. The molecule has 6 N–H and O–H groups in total. The lowest BCUT2D eigenvalue weighted by molar-refractivity contribution is 0.102. The third kappa shape index (κ3) is 4.92. The maximum absolute atomic E-state index is 13.2. The summed E-state index contributed by atoms with van der Waals surface area (Å²) in [5, 5.41) is 17.6. The van der Waals surface area contributed by atoms with Crippen molar-refractivity contribution in [1.82, 2.24) is 9.97 Å². The average Bonchev–Trinajstić information content (AvgIpc) is 3.22. The predicted molar refractivity (Wildman–Crippen MR) is 124 cm³/mol. The van der Waals surface area contributed by atoms with E-state index in [0.29, 0.717) is 34.7 Å². The van der Waals surface area contributed by atoms with Crippen LogP contribution in [0.1, 0.15) is 67.6 Å². The molecule has 1 atom stereocenters. The molecule has 8 heteroatoms. The fourth-order valence-electron chi connectivity index (χ4n) is 4.23. The molecule has 0 saturated heterocycles. The zero-order chi connectivity index (χ0) is 22.7. The molecule has 7 nitrogen and oxygen atoms in total. The number of aromatic nitrogens is 2. The van der Waals surface area contributed by atoms with Crippen molar-refractivity contribution in [3.63, 3.8) is 0 Å². The second kappa shape index (κ2) is 9.67. The van der Waals surface area contributed by atoms with E-state index in [4.69, 9.17) is 5.73 Å². The number of fused-ring (bicyclic) bond motifs is 1. The van der Waals surface area contributed by atoms with Crippen LogP contribution in [0.3, 0.4) is 0 Å². The highest BCUT2D eigenvalue weighted by Gasteiger charge is 2.24. The SMILES string of the molecule is CCCC(O)c1cc2c(N[C@H]3CC[C@H](N)CC3)c(C(=O)Nc3ccc(F)cc3)cnc2[nH]1. The van der Waals surface area contributed by atoms with Gasteiger partial charge in [-0.1, -0.05) is 13.3 Å². The van der Waals surface area contributed by atoms with Crippen LogP contribution >= 0.6 is 0 Å². The van der Waals surface area contributed by atoms with E-state index in [2.05, 4.69) is 20.6 Å². The van der Waals surface area contributed by atoms with Crippen molar-refractivity contribution in [3.8, 4) is 0 Å². The zero-order valence-corrected chi connectivity index (χ0v) is 18.2. The Bertz CT molecular complexity index is 1070. The zero-order valence-electron chi connectivity index (χ0n) is 18.2. The largest absolute Gasteiger partial charge is 0.387 e. The Morgan fingerprint density at radius 1 is 1.28 bits per heavy atom. The van der Waals surface area contributed by atoms with Gasteiger partial charge in [-0.25, -0.2) is 9.37 Å². The first-order valence-corrected chi connectivity index (χ1v) is 11.2. The van der Waals surface area contributed by atoms with Gasteiger partial charge in [-0.3, -0.25) is 4.79 Å². The first-order chi connectivity index (χ1) is 15.4. The highest BCUT2D eigenvalue weighted by atomic mass is 19.1. The van der Waals surface area contributed by atoms with E-state index in [1.54, 1.807) is 0 Å². The van der Waals surface area contributed by atoms with Gasteiger partial charge in [0.2, 0.25) is 0 Å². The second-order valence-electron chi connectivity index (χ2n) is 8.56. The number of nitrogens with zero attached hydrogens (tertiary/aromatic N) is 1. The molecule has 1 fully saturated rings. The topological polar surface area (TPSA) is 116 Å². The van der Waals surface area contributed by atoms with Crippen molar-refractivity contribution < 1.29 is 14.3 Å². The molecule has 1 amide bonds. The summed E-state index contributed by atoms with van der Waals surface area (Å²) < 4.78 is 13.2. The van der Waals surface area contributed by atoms with Crippen molar-refractivity contribution in [2.24, 2.45) is 5.73 Å². The smallest absolute Gasteiger partial charge is 0.259 e. The molecule has 1 unspecified atom stereocenters. The van der Waals surface area contributed by atoms with Crippen molar-refractivity contribution in [2.45, 2.75) is 63.6 Å². The molecule has 4 rings (SSSR count). The summed E-state index contributed by atoms with van der Waals surface area (Å²) in [5.74, 6) is -0.702. The van der Waals surface area contributed by atoms with Crippen LogP contribution in [-0.4, -0.2) is 33.1 Å². The molecule has 2 heterocycles. The minimum absolute atomic E-state index is 0.191. The van der Waals surface area contributed by atoms with Gasteiger partial charge in [0.05, 0.1) is 17.4 Å². The van der Waals surface area contributed by atoms with Gasteiger partial charge < -0.3 is 26.5 Å². The van der Waals surface area contributed by atoms with Crippen LogP contribution in [0, 0.1) is 5.82 Å². The first-order valence-electron chi connectivity index (χ1n) is 11.2. The van der Waals surface area contributed by atoms with Crippen LogP contribution in [0.15, 0.2) is 36.5 Å². The van der Waals surface area contributed by atoms with Gasteiger partial charge in [0.25, 0.3) is 5.91 Å². The highest BCUT2D eigenvalue weighted by molar-refractivity contribution is 6.12. The van der Waals surface area contributed by atoms with Crippen LogP contribution in [0.5, 0.6) is 0 Å². The number of aliphatic hydroxyl groups excluding tert-OH is 1. The van der Waals surface area contributed by atoms with Gasteiger partial charge in [-0.05, 0) is 62.4 Å². The number of nitrogens with two attached hydrogens (primary N) is 1. The summed E-state index contributed by atoms with van der Waals surface area (Å²) in [6, 6.07) is 7.92. The molecule has 1 saturated carbocycles. The summed E-state index contributed by atoms with van der Waals surface area (Å²) >= 11 is 0. The van der Waals surface area contributed by atoms with Gasteiger partial charge in [-0.15, -0.1) is 0 Å². The normalized spacial score (nSPS) is 19.6. The summed E-state index contributed by atoms with van der Waals surface area (Å²) in [6.07, 6.45) is 6.08. The number of hydrogen-bond donors (Lipinski definition) is 5. The standard InChI is InChI=1S/C24H30FN5O2/c1-2-3-21(31)20-12-18-22(28-16-10-6-15(26)7-11-16)19(13-27-23(18)30-20)24(32)29-17-8-4-14(25)5-9-17/h4-5,8-9,12-13,15-16,21,31H,2-3,6-7,10-11,26H2,1H3,(H,29,32)(H2,27,28,30)/t15-,16-,21?. The first kappa shape index (κ1) is 22.2. The van der Waals surface area contributed by atoms with E-state index in [-0.39, 0.29) is 23.8 Å². The van der Waals surface area contributed by atoms with Gasteiger partial charge in [0.15, 0.2) is 0 Å². The average molecular weight is 440 g/mol. The number of anilines is 2. The number of hydrogen-bond acceptors (Lipinski definition) is 5. The van der Waals surface area contributed by atoms with Crippen LogP contribution in [-0.2, 0) is 0 Å². The molecule has 1 aromatic carbocycles. The van der Waals surface area contributed by atoms with Crippen LogP contribution in [0.4, 0.5) is 15.8 Å². The Morgan fingerprint density at radius 3 is 2.69 bits per heavy atom. The number of amides is 1. The Labute approximate surface area is 186 Å². The highest BCUT2D eigenvalue weighted by Crippen LogP contribution is 2.32. The van der Waals surface area contributed by atoms with Crippen molar-refractivity contribution in [2.75, 3.05) is 10.6 Å². The summed E-state index contributed by atoms with van der Waals surface area (Å²) in [7, 11) is 0. The molecule has 0 bridgehead atoms. The van der Waals surface area contributed by atoms with E-state index < -0.39 is 6.10 Å². The van der Waals surface area contributed by atoms with E-state index >= 15 is 0 Å². The minimum Gasteiger partial charge on any atom is -0.387 e. The number of pyridine rings is 1. The quantitative estimate of drug-likeness (QED) is 0.372. The van der Waals surface area contributed by atoms with Crippen molar-refractivity contribution in [3.05, 3.63) is 53.6 Å². The molecular formula is C24H30FN5O2. The molecule has 170 valence electrons. The number of halogens is 1. The number of carbonyl (C=O) groups is 1. The lowest BCUT2D eigenvalue weighted by Crippen LogP contribution is -2.33. The van der Waals surface area contributed by atoms with Crippen molar-refractivity contribution in [1.29, 1.82) is 0 Å². The summed E-state index contributed by atoms with van der Waals surface area (Å²) in [5.41, 5.74) is 8.93. The lowest BCUT2D eigenvalue weighted by atomic mass is 9.91. The van der Waals surface area contributed by atoms with Gasteiger partial charge >= 0.3 is 0 Å². The van der Waals surface area contributed by atoms with E-state index in [1.165, 1.54) is 30.5 Å². The number of nitrogens with one attached hydrogen (secondary N) is 3. The number of rotatable bonds is 7. The van der Waals surface area contributed by atoms with Gasteiger partial charge in [-0.2, -0.15) is 0 Å². The lowest BCUT2D eigenvalue weighted by Gasteiger charge is -2.28. The predicted octanol–water partition coefficient (Wildman–Crippen LogP) is 4.47. The fraction of sp³-hybridized carbons (Fsp3) is 0.417. The number of aromatic amines is 1. The van der Waals surface area contributed by atoms with Crippen LogP contribution in [0.2, 0.25) is 0 Å². The second-order valence-corrected chi connectivity index (χ2v) is 8.56. The maximum Gasteiger partial charge on any atom is 0.259 e. The van der Waals surface area contributed by atoms with E-state index in [1.807, 2.05) is 13.0 Å². The van der Waals surface area contributed by atoms with Gasteiger partial charge in [0.1, 0.15) is 11.5 Å². The Hall–Kier alpha value is -2.97. The number of benzene rings is 1. The van der Waals surface area contributed by atoms with E-state index in [9.17, 15) is 14.3 Å². The van der Waals surface area contributed by atoms with Crippen LogP contribution in [0.25, 0.3) is 11.0 Å². The minimum atomic E-state index is -0.619. The summed E-state index contributed by atoms with van der Waals surface area (Å²) in [4.78, 5) is 20.8. The number of carbonyl (C=O) groups excluding carboxylic acids is 1. The third-order valence-electron chi connectivity index (χ3n) is 6.07. The van der Waals surface area contributed by atoms with Crippen molar-refractivity contribution >= 4 is 28.3 Å². The van der Waals surface area contributed by atoms with E-state index in [0.717, 1.165) is 37.5 Å². The summed E-state index contributed by atoms with van der Waals surface area (Å²) in [6.45, 7) is 2.02. The van der Waals surface area contributed by atoms with Gasteiger partial charge in [0, 0.05) is 35.0 Å². The fourth-order valence-corrected chi connectivity index (χ4v) is 4.23. The molecular weight excluding hydrogens is 409 g/mol. The number of H-pyrrole nitrogens is 1. The molecule has 0 radical (unpaired) electrons. The third-order valence-corrected chi connectivity index (χ3v) is 6.07. The molecule has 0 aliphatic heterocycles. The maximum atomic E-state index is 13.2. The molecule has 1 aliphatic carbocycles. The molecule has 32 heavy (non-hydrogen) atoms. The molecule has 1 aliphatic rings. The van der Waals surface area contributed by atoms with Crippen LogP contribution < -0.4 is 16.4 Å². The Balaban J connectivity index is 1.69.